The van der Waals surface area contributed by atoms with E-state index in [2.05, 4.69) is 46.1 Å². The first kappa shape index (κ1) is 20.0. The van der Waals surface area contributed by atoms with E-state index in [1.807, 2.05) is 54.6 Å². The van der Waals surface area contributed by atoms with Crippen LogP contribution in [0.5, 0.6) is 11.5 Å². The highest BCUT2D eigenvalue weighted by molar-refractivity contribution is 5.89. The highest BCUT2D eigenvalue weighted by Gasteiger charge is 2.14. The Labute approximate surface area is 188 Å². The second-order valence-electron chi connectivity index (χ2n) is 8.12. The normalized spacial score (nSPS) is 14.3. The molecular formula is C27H24N4O. The Morgan fingerprint density at radius 3 is 2.28 bits per heavy atom. The summed E-state index contributed by atoms with van der Waals surface area (Å²) in [6.45, 7) is 4.26. The molecule has 5 rings (SSSR count). The SMILES string of the molecule is CN1CCN(c2ccc(Oc3ccnc4ccc(-c5ccc(C#N)cc5)cc34)cc2)CC1. The summed E-state index contributed by atoms with van der Waals surface area (Å²) in [5.74, 6) is 1.58. The first-order chi connectivity index (χ1) is 15.7. The maximum Gasteiger partial charge on any atom is 0.138 e. The van der Waals surface area contributed by atoms with Gasteiger partial charge >= 0.3 is 0 Å². The highest BCUT2D eigenvalue weighted by Crippen LogP contribution is 2.33. The summed E-state index contributed by atoms with van der Waals surface area (Å²) in [6, 6.07) is 26.1. The number of likely N-dealkylation sites (N-methyl/N-ethyl adjacent to an activating group) is 1. The van der Waals surface area contributed by atoms with E-state index >= 15 is 0 Å². The number of fused-ring (bicyclic) bond motifs is 1. The number of anilines is 1. The number of hydrogen-bond acceptors (Lipinski definition) is 5. The predicted molar refractivity (Wildman–Crippen MR) is 128 cm³/mol. The molecule has 0 spiro atoms. The third-order valence-corrected chi connectivity index (χ3v) is 5.98. The molecule has 0 N–H and O–H groups in total. The van der Waals surface area contributed by atoms with Crippen molar-refractivity contribution in [3.05, 3.63) is 84.6 Å². The van der Waals surface area contributed by atoms with E-state index in [9.17, 15) is 0 Å². The molecule has 1 fully saturated rings. The van der Waals surface area contributed by atoms with Gasteiger partial charge in [0, 0.05) is 43.4 Å². The molecule has 0 radical (unpaired) electrons. The van der Waals surface area contributed by atoms with Crippen LogP contribution in [0.3, 0.4) is 0 Å². The van der Waals surface area contributed by atoms with Gasteiger partial charge in [-0.15, -0.1) is 0 Å². The highest BCUT2D eigenvalue weighted by atomic mass is 16.5. The molecule has 5 heteroatoms. The molecule has 158 valence electrons. The predicted octanol–water partition coefficient (Wildman–Crippen LogP) is 5.32. The van der Waals surface area contributed by atoms with E-state index in [-0.39, 0.29) is 0 Å². The standard InChI is InChI=1S/C27H24N4O/c1-30-14-16-31(17-15-30)23-7-9-24(10-8-23)32-27-12-13-29-26-11-6-22(18-25(26)27)21-4-2-20(19-28)3-5-21/h2-13,18H,14-17H2,1H3. The maximum absolute atomic E-state index is 9.04. The maximum atomic E-state index is 9.04. The number of benzene rings is 3. The zero-order chi connectivity index (χ0) is 21.9. The number of nitrogens with zero attached hydrogens (tertiary/aromatic N) is 4. The second kappa shape index (κ2) is 8.70. The summed E-state index contributed by atoms with van der Waals surface area (Å²) in [5.41, 5.74) is 4.88. The first-order valence-corrected chi connectivity index (χ1v) is 10.8. The van der Waals surface area contributed by atoms with Crippen molar-refractivity contribution in [3.8, 4) is 28.7 Å². The fourth-order valence-corrected chi connectivity index (χ4v) is 4.04. The molecule has 1 saturated heterocycles. The molecule has 1 aromatic heterocycles. The van der Waals surface area contributed by atoms with Crippen LogP contribution in [0, 0.1) is 11.3 Å². The van der Waals surface area contributed by atoms with Crippen molar-refractivity contribution in [2.75, 3.05) is 38.1 Å². The Morgan fingerprint density at radius 1 is 0.844 bits per heavy atom. The zero-order valence-electron chi connectivity index (χ0n) is 18.0. The summed E-state index contributed by atoms with van der Waals surface area (Å²) < 4.78 is 6.27. The number of ether oxygens (including phenoxy) is 1. The van der Waals surface area contributed by atoms with Crippen molar-refractivity contribution in [1.29, 1.82) is 5.26 Å². The van der Waals surface area contributed by atoms with Gasteiger partial charge < -0.3 is 14.5 Å². The van der Waals surface area contributed by atoms with E-state index < -0.39 is 0 Å². The minimum absolute atomic E-state index is 0.653. The molecule has 1 aliphatic rings. The van der Waals surface area contributed by atoms with Gasteiger partial charge in [0.1, 0.15) is 11.5 Å². The Bertz CT molecular complexity index is 1270. The third kappa shape index (κ3) is 4.14. The van der Waals surface area contributed by atoms with E-state index in [1.165, 1.54) is 5.69 Å². The number of piperazine rings is 1. The van der Waals surface area contributed by atoms with Crippen LogP contribution in [0.1, 0.15) is 5.56 Å². The van der Waals surface area contributed by atoms with Crippen LogP contribution < -0.4 is 9.64 Å². The minimum Gasteiger partial charge on any atom is -0.457 e. The zero-order valence-corrected chi connectivity index (χ0v) is 18.0. The number of aromatic nitrogens is 1. The fourth-order valence-electron chi connectivity index (χ4n) is 4.04. The summed E-state index contributed by atoms with van der Waals surface area (Å²) in [5, 5.41) is 10.00. The lowest BCUT2D eigenvalue weighted by Gasteiger charge is -2.34. The molecule has 3 aromatic carbocycles. The van der Waals surface area contributed by atoms with E-state index in [1.54, 1.807) is 6.20 Å². The molecule has 4 aromatic rings. The van der Waals surface area contributed by atoms with Crippen LogP contribution in [-0.4, -0.2) is 43.1 Å². The Kier molecular flexibility index (Phi) is 5.45. The molecule has 0 saturated carbocycles. The number of nitriles is 1. The number of hydrogen-bond donors (Lipinski definition) is 0. The lowest BCUT2D eigenvalue weighted by atomic mass is 10.0. The van der Waals surface area contributed by atoms with Crippen molar-refractivity contribution in [1.82, 2.24) is 9.88 Å². The van der Waals surface area contributed by atoms with Gasteiger partial charge in [0.25, 0.3) is 0 Å². The topological polar surface area (TPSA) is 52.4 Å². The van der Waals surface area contributed by atoms with Crippen LogP contribution in [0.2, 0.25) is 0 Å². The Hall–Kier alpha value is -3.88. The van der Waals surface area contributed by atoms with Crippen LogP contribution in [0.15, 0.2) is 79.0 Å². The fraction of sp³-hybridized carbons (Fsp3) is 0.185. The lowest BCUT2D eigenvalue weighted by Crippen LogP contribution is -2.44. The van der Waals surface area contributed by atoms with Gasteiger partial charge in [-0.2, -0.15) is 5.26 Å². The molecule has 32 heavy (non-hydrogen) atoms. The lowest BCUT2D eigenvalue weighted by molar-refractivity contribution is 0.313. The summed E-state index contributed by atoms with van der Waals surface area (Å²) in [7, 11) is 2.17. The third-order valence-electron chi connectivity index (χ3n) is 5.98. The van der Waals surface area contributed by atoms with Crippen molar-refractivity contribution in [2.45, 2.75) is 0 Å². The van der Waals surface area contributed by atoms with Gasteiger partial charge in [0.05, 0.1) is 17.1 Å². The van der Waals surface area contributed by atoms with E-state index in [0.29, 0.717) is 5.56 Å². The van der Waals surface area contributed by atoms with Crippen LogP contribution in [0.25, 0.3) is 22.0 Å². The van der Waals surface area contributed by atoms with Gasteiger partial charge in [0.15, 0.2) is 0 Å². The molecule has 0 aliphatic carbocycles. The average molecular weight is 421 g/mol. The van der Waals surface area contributed by atoms with Gasteiger partial charge in [-0.05, 0) is 72.8 Å². The minimum atomic E-state index is 0.653. The molecular weight excluding hydrogens is 396 g/mol. The Morgan fingerprint density at radius 2 is 1.56 bits per heavy atom. The van der Waals surface area contributed by atoms with Crippen molar-refractivity contribution in [3.63, 3.8) is 0 Å². The molecule has 0 amide bonds. The van der Waals surface area contributed by atoms with E-state index in [0.717, 1.165) is 59.7 Å². The largest absolute Gasteiger partial charge is 0.457 e. The van der Waals surface area contributed by atoms with Gasteiger partial charge in [-0.25, -0.2) is 0 Å². The first-order valence-electron chi connectivity index (χ1n) is 10.8. The average Bonchev–Trinajstić information content (AvgIpc) is 2.85. The van der Waals surface area contributed by atoms with Gasteiger partial charge in [0.2, 0.25) is 0 Å². The number of rotatable bonds is 4. The van der Waals surface area contributed by atoms with Gasteiger partial charge in [-0.3, -0.25) is 4.98 Å². The monoisotopic (exact) mass is 420 g/mol. The quantitative estimate of drug-likeness (QED) is 0.447. The van der Waals surface area contributed by atoms with Gasteiger partial charge in [-0.1, -0.05) is 18.2 Å². The van der Waals surface area contributed by atoms with Crippen LogP contribution >= 0.6 is 0 Å². The molecule has 0 unspecified atom stereocenters. The van der Waals surface area contributed by atoms with Crippen LogP contribution in [-0.2, 0) is 0 Å². The van der Waals surface area contributed by atoms with E-state index in [4.69, 9.17) is 10.00 Å². The van der Waals surface area contributed by atoms with Crippen molar-refractivity contribution in [2.24, 2.45) is 0 Å². The molecule has 0 atom stereocenters. The molecule has 2 heterocycles. The Balaban J connectivity index is 1.40. The van der Waals surface area contributed by atoms with Crippen molar-refractivity contribution >= 4 is 16.6 Å². The number of pyridine rings is 1. The molecule has 1 aliphatic heterocycles. The summed E-state index contributed by atoms with van der Waals surface area (Å²) in [4.78, 5) is 9.26. The smallest absolute Gasteiger partial charge is 0.138 e. The molecule has 5 nitrogen and oxygen atoms in total. The summed E-state index contributed by atoms with van der Waals surface area (Å²) >= 11 is 0. The summed E-state index contributed by atoms with van der Waals surface area (Å²) in [6.07, 6.45) is 1.78. The molecule has 0 bridgehead atoms. The second-order valence-corrected chi connectivity index (χ2v) is 8.12. The van der Waals surface area contributed by atoms with Crippen LogP contribution in [0.4, 0.5) is 5.69 Å². The van der Waals surface area contributed by atoms with Crippen molar-refractivity contribution < 1.29 is 4.74 Å².